The van der Waals surface area contributed by atoms with Crippen LogP contribution in [0.15, 0.2) is 33.6 Å². The number of nitrogens with one attached hydrogen (secondary N) is 1. The van der Waals surface area contributed by atoms with Crippen LogP contribution in [0.2, 0.25) is 0 Å². The monoisotopic (exact) mass is 338 g/mol. The van der Waals surface area contributed by atoms with E-state index in [1.54, 1.807) is 6.92 Å². The highest BCUT2D eigenvalue weighted by Gasteiger charge is 2.24. The van der Waals surface area contributed by atoms with Crippen molar-refractivity contribution in [2.75, 3.05) is 7.11 Å². The number of amides is 1. The van der Waals surface area contributed by atoms with Crippen LogP contribution in [0.5, 0.6) is 5.75 Å². The number of aryl methyl sites for hydroxylation is 1. The molecule has 0 aliphatic rings. The van der Waals surface area contributed by atoms with Gasteiger partial charge in [0.2, 0.25) is 0 Å². The van der Waals surface area contributed by atoms with Gasteiger partial charge in [0.15, 0.2) is 11.6 Å². The molecule has 0 unspecified atom stereocenters. The molecule has 2 rings (SSSR count). The molecular weight excluding hydrogens is 320 g/mol. The molecule has 0 aliphatic heterocycles. The van der Waals surface area contributed by atoms with Crippen LogP contribution < -0.4 is 9.46 Å². The highest BCUT2D eigenvalue weighted by molar-refractivity contribution is 7.90. The minimum Gasteiger partial charge on any atom is -0.497 e. The van der Waals surface area contributed by atoms with Gasteiger partial charge in [0.1, 0.15) is 11.5 Å². The van der Waals surface area contributed by atoms with E-state index in [2.05, 4.69) is 4.98 Å². The van der Waals surface area contributed by atoms with Crippen LogP contribution in [0.3, 0.4) is 0 Å². The molecule has 0 aliphatic carbocycles. The van der Waals surface area contributed by atoms with Gasteiger partial charge < -0.3 is 9.15 Å². The molecule has 1 heterocycles. The maximum Gasteiger partial charge on any atom is 0.287 e. The molecule has 7 nitrogen and oxygen atoms in total. The number of sulfonamides is 1. The third-order valence-corrected chi connectivity index (χ3v) is 4.47. The lowest BCUT2D eigenvalue weighted by atomic mass is 10.2. The largest absolute Gasteiger partial charge is 0.497 e. The highest BCUT2D eigenvalue weighted by Crippen LogP contribution is 2.19. The van der Waals surface area contributed by atoms with Crippen molar-refractivity contribution >= 4 is 15.9 Å². The standard InChI is InChI=1S/C15H18N2O5S/c1-9(2)15-16-13(10(3)22-15)14(18)17-23(19,20)12-7-5-11(21-4)6-8-12/h5-9H,1-4H3,(H,17,18). The topological polar surface area (TPSA) is 98.5 Å². The lowest BCUT2D eigenvalue weighted by Crippen LogP contribution is -2.31. The zero-order chi connectivity index (χ0) is 17.2. The summed E-state index contributed by atoms with van der Waals surface area (Å²) in [6.07, 6.45) is 0. The number of hydrogen-bond acceptors (Lipinski definition) is 6. The summed E-state index contributed by atoms with van der Waals surface area (Å²) in [6, 6.07) is 5.70. The van der Waals surface area contributed by atoms with Crippen LogP contribution in [-0.4, -0.2) is 26.4 Å². The van der Waals surface area contributed by atoms with Crippen molar-refractivity contribution < 1.29 is 22.4 Å². The predicted octanol–water partition coefficient (Wildman–Crippen LogP) is 2.23. The van der Waals surface area contributed by atoms with E-state index in [1.165, 1.54) is 31.4 Å². The van der Waals surface area contributed by atoms with Crippen molar-refractivity contribution in [1.29, 1.82) is 0 Å². The van der Waals surface area contributed by atoms with E-state index in [9.17, 15) is 13.2 Å². The fraction of sp³-hybridized carbons (Fsp3) is 0.333. The first-order chi connectivity index (χ1) is 10.7. The van der Waals surface area contributed by atoms with Crippen LogP contribution in [0.4, 0.5) is 0 Å². The number of hydrogen-bond donors (Lipinski definition) is 1. The summed E-state index contributed by atoms with van der Waals surface area (Å²) in [7, 11) is -2.52. The Morgan fingerprint density at radius 2 is 1.87 bits per heavy atom. The fourth-order valence-electron chi connectivity index (χ4n) is 1.86. The minimum absolute atomic E-state index is 0.00607. The zero-order valence-electron chi connectivity index (χ0n) is 13.3. The first-order valence-electron chi connectivity index (χ1n) is 6.93. The number of methoxy groups -OCH3 is 1. The minimum atomic E-state index is -4.00. The lowest BCUT2D eigenvalue weighted by Gasteiger charge is -2.06. The number of ether oxygens (including phenoxy) is 1. The van der Waals surface area contributed by atoms with E-state index in [0.29, 0.717) is 11.6 Å². The summed E-state index contributed by atoms with van der Waals surface area (Å²) in [5.74, 6) is 0.345. The average molecular weight is 338 g/mol. The van der Waals surface area contributed by atoms with Gasteiger partial charge in [-0.2, -0.15) is 0 Å². The van der Waals surface area contributed by atoms with Gasteiger partial charge in [0, 0.05) is 5.92 Å². The van der Waals surface area contributed by atoms with Crippen LogP contribution in [0.1, 0.15) is 41.9 Å². The third-order valence-electron chi connectivity index (χ3n) is 3.12. The zero-order valence-corrected chi connectivity index (χ0v) is 14.1. The van der Waals surface area contributed by atoms with Gasteiger partial charge in [-0.05, 0) is 31.2 Å². The molecule has 2 aromatic rings. The van der Waals surface area contributed by atoms with E-state index in [1.807, 2.05) is 18.6 Å². The van der Waals surface area contributed by atoms with Gasteiger partial charge in [-0.15, -0.1) is 0 Å². The van der Waals surface area contributed by atoms with Crippen LogP contribution in [-0.2, 0) is 10.0 Å². The summed E-state index contributed by atoms with van der Waals surface area (Å²) in [6.45, 7) is 5.29. The molecule has 1 N–H and O–H groups in total. The molecule has 0 saturated carbocycles. The number of oxazole rings is 1. The molecule has 1 aromatic heterocycles. The molecule has 0 bridgehead atoms. The summed E-state index contributed by atoms with van der Waals surface area (Å²) in [4.78, 5) is 16.2. The molecule has 0 saturated heterocycles. The number of rotatable bonds is 5. The van der Waals surface area contributed by atoms with Gasteiger partial charge >= 0.3 is 0 Å². The molecule has 1 aromatic carbocycles. The maximum absolute atomic E-state index is 12.2. The Bertz CT molecular complexity index is 807. The number of aromatic nitrogens is 1. The maximum atomic E-state index is 12.2. The molecule has 23 heavy (non-hydrogen) atoms. The van der Waals surface area contributed by atoms with Gasteiger partial charge in [-0.1, -0.05) is 13.8 Å². The predicted molar refractivity (Wildman–Crippen MR) is 83.0 cm³/mol. The average Bonchev–Trinajstić information content (AvgIpc) is 2.89. The fourth-order valence-corrected chi connectivity index (χ4v) is 2.81. The smallest absolute Gasteiger partial charge is 0.287 e. The van der Waals surface area contributed by atoms with Crippen molar-refractivity contribution in [3.05, 3.63) is 41.6 Å². The van der Waals surface area contributed by atoms with E-state index >= 15 is 0 Å². The number of carbonyl (C=O) groups excluding carboxylic acids is 1. The Labute approximate surface area is 134 Å². The first kappa shape index (κ1) is 17.0. The molecule has 124 valence electrons. The summed E-state index contributed by atoms with van der Waals surface area (Å²) < 4.78 is 36.8. The number of nitrogens with zero attached hydrogens (tertiary/aromatic N) is 1. The van der Waals surface area contributed by atoms with E-state index in [-0.39, 0.29) is 22.3 Å². The molecular formula is C15H18N2O5S. The normalized spacial score (nSPS) is 11.5. The Balaban J connectivity index is 2.24. The van der Waals surface area contributed by atoms with E-state index in [4.69, 9.17) is 9.15 Å². The summed E-state index contributed by atoms with van der Waals surface area (Å²) in [5.41, 5.74) is -0.0363. The van der Waals surface area contributed by atoms with Gasteiger partial charge in [0.05, 0.1) is 12.0 Å². The van der Waals surface area contributed by atoms with Crippen molar-refractivity contribution in [2.45, 2.75) is 31.6 Å². The van der Waals surface area contributed by atoms with Crippen molar-refractivity contribution in [3.8, 4) is 5.75 Å². The molecule has 0 fully saturated rings. The second kappa shape index (κ2) is 6.41. The van der Waals surface area contributed by atoms with Gasteiger partial charge in [-0.25, -0.2) is 18.1 Å². The quantitative estimate of drug-likeness (QED) is 0.897. The van der Waals surface area contributed by atoms with E-state index in [0.717, 1.165) is 0 Å². The number of benzene rings is 1. The van der Waals surface area contributed by atoms with Crippen LogP contribution >= 0.6 is 0 Å². The van der Waals surface area contributed by atoms with Gasteiger partial charge in [0.25, 0.3) is 15.9 Å². The Kier molecular flexibility index (Phi) is 4.74. The van der Waals surface area contributed by atoms with Crippen LogP contribution in [0.25, 0.3) is 0 Å². The summed E-state index contributed by atoms with van der Waals surface area (Å²) >= 11 is 0. The Morgan fingerprint density at radius 3 is 2.35 bits per heavy atom. The van der Waals surface area contributed by atoms with Crippen LogP contribution in [0, 0.1) is 6.92 Å². The van der Waals surface area contributed by atoms with E-state index < -0.39 is 15.9 Å². The Hall–Kier alpha value is -2.35. The second-order valence-corrected chi connectivity index (χ2v) is 6.90. The molecule has 0 radical (unpaired) electrons. The summed E-state index contributed by atoms with van der Waals surface area (Å²) in [5, 5.41) is 0. The first-order valence-corrected chi connectivity index (χ1v) is 8.41. The number of carbonyl (C=O) groups is 1. The van der Waals surface area contributed by atoms with Crippen molar-refractivity contribution in [3.63, 3.8) is 0 Å². The highest BCUT2D eigenvalue weighted by atomic mass is 32.2. The van der Waals surface area contributed by atoms with Crippen molar-refractivity contribution in [2.24, 2.45) is 0 Å². The van der Waals surface area contributed by atoms with Gasteiger partial charge in [-0.3, -0.25) is 4.79 Å². The molecule has 8 heteroatoms. The molecule has 0 atom stereocenters. The molecule has 1 amide bonds. The Morgan fingerprint density at radius 1 is 1.26 bits per heavy atom. The lowest BCUT2D eigenvalue weighted by molar-refractivity contribution is 0.0975. The molecule has 0 spiro atoms. The second-order valence-electron chi connectivity index (χ2n) is 5.22. The third kappa shape index (κ3) is 3.70. The SMILES string of the molecule is COc1ccc(S(=O)(=O)NC(=O)c2nc(C(C)C)oc2C)cc1. The van der Waals surface area contributed by atoms with Crippen molar-refractivity contribution in [1.82, 2.24) is 9.71 Å².